The van der Waals surface area contributed by atoms with E-state index in [9.17, 15) is 4.79 Å². The Hall–Kier alpha value is -2.95. The summed E-state index contributed by atoms with van der Waals surface area (Å²) in [7, 11) is 0. The van der Waals surface area contributed by atoms with Crippen LogP contribution in [0.1, 0.15) is 12.5 Å². The van der Waals surface area contributed by atoms with E-state index in [4.69, 9.17) is 9.26 Å². The summed E-state index contributed by atoms with van der Waals surface area (Å²) in [5.74, 6) is 1.09. The summed E-state index contributed by atoms with van der Waals surface area (Å²) in [5.41, 5.74) is 2.84. The molecule has 0 saturated carbocycles. The quantitative estimate of drug-likeness (QED) is 0.545. The number of hydrogen-bond acceptors (Lipinski definition) is 5. The van der Waals surface area contributed by atoms with Gasteiger partial charge in [-0.15, -0.1) is 0 Å². The fourth-order valence-corrected chi connectivity index (χ4v) is 1.99. The molecule has 2 aromatic carbocycles. The van der Waals surface area contributed by atoms with Gasteiger partial charge in [0, 0.05) is 18.1 Å². The van der Waals surface area contributed by atoms with Crippen molar-refractivity contribution in [2.24, 2.45) is 0 Å². The van der Waals surface area contributed by atoms with Gasteiger partial charge in [0.1, 0.15) is 5.75 Å². The lowest BCUT2D eigenvalue weighted by molar-refractivity contribution is -0.131. The first-order valence-electron chi connectivity index (χ1n) is 6.81. The number of carbonyl (C=O) groups excluding carboxylic acids is 1. The predicted molar refractivity (Wildman–Crippen MR) is 81.2 cm³/mol. The molecule has 0 radical (unpaired) electrons. The molecule has 0 atom stereocenters. The van der Waals surface area contributed by atoms with E-state index < -0.39 is 0 Å². The molecule has 5 heteroatoms. The van der Waals surface area contributed by atoms with Crippen molar-refractivity contribution in [2.45, 2.75) is 13.8 Å². The molecule has 3 aromatic rings. The van der Waals surface area contributed by atoms with Gasteiger partial charge in [0.15, 0.2) is 0 Å². The van der Waals surface area contributed by atoms with E-state index in [-0.39, 0.29) is 5.97 Å². The molecule has 0 bridgehead atoms. The molecular weight excluding hydrogens is 280 g/mol. The van der Waals surface area contributed by atoms with Crippen molar-refractivity contribution in [3.8, 4) is 28.6 Å². The normalized spacial score (nSPS) is 10.5. The lowest BCUT2D eigenvalue weighted by Gasteiger charge is -2.00. The summed E-state index contributed by atoms with van der Waals surface area (Å²) in [6, 6.07) is 14.8. The first kappa shape index (κ1) is 14.0. The number of ether oxygens (including phenoxy) is 1. The van der Waals surface area contributed by atoms with Crippen LogP contribution in [0.3, 0.4) is 0 Å². The van der Waals surface area contributed by atoms with E-state index in [0.29, 0.717) is 17.5 Å². The molecule has 0 aliphatic rings. The van der Waals surface area contributed by atoms with Gasteiger partial charge in [-0.1, -0.05) is 35.0 Å². The van der Waals surface area contributed by atoms with Crippen molar-refractivity contribution >= 4 is 5.97 Å². The fraction of sp³-hybridized carbons (Fsp3) is 0.118. The highest BCUT2D eigenvalue weighted by atomic mass is 16.5. The van der Waals surface area contributed by atoms with E-state index in [0.717, 1.165) is 11.1 Å². The largest absolute Gasteiger partial charge is 0.427 e. The Balaban J connectivity index is 1.84. The minimum absolute atomic E-state index is 0.354. The average molecular weight is 294 g/mol. The van der Waals surface area contributed by atoms with E-state index in [1.54, 1.807) is 24.3 Å². The molecular formula is C17H14N2O3. The molecule has 22 heavy (non-hydrogen) atoms. The summed E-state index contributed by atoms with van der Waals surface area (Å²) < 4.78 is 10.3. The number of carbonyl (C=O) groups is 1. The highest BCUT2D eigenvalue weighted by Gasteiger charge is 2.10. The molecule has 1 heterocycles. The van der Waals surface area contributed by atoms with E-state index in [1.807, 2.05) is 31.2 Å². The van der Waals surface area contributed by atoms with Gasteiger partial charge < -0.3 is 9.26 Å². The van der Waals surface area contributed by atoms with Gasteiger partial charge >= 0.3 is 5.97 Å². The van der Waals surface area contributed by atoms with Crippen LogP contribution in [0.15, 0.2) is 53.1 Å². The standard InChI is InChI=1S/C17H14N2O3/c1-11-3-5-13(6-4-11)16-18-17(22-19-16)14-7-9-15(10-8-14)21-12(2)20/h3-10H,1-2H3. The molecule has 1 aromatic heterocycles. The molecule has 3 rings (SSSR count). The van der Waals surface area contributed by atoms with Gasteiger partial charge in [-0.2, -0.15) is 4.98 Å². The Morgan fingerprint density at radius 3 is 2.27 bits per heavy atom. The summed E-state index contributed by atoms with van der Waals surface area (Å²) in [6.07, 6.45) is 0. The molecule has 0 unspecified atom stereocenters. The smallest absolute Gasteiger partial charge is 0.308 e. The molecule has 0 N–H and O–H groups in total. The predicted octanol–water partition coefficient (Wildman–Crippen LogP) is 3.64. The number of nitrogens with zero attached hydrogens (tertiary/aromatic N) is 2. The maximum absolute atomic E-state index is 10.9. The molecule has 110 valence electrons. The van der Waals surface area contributed by atoms with Crippen molar-refractivity contribution in [1.82, 2.24) is 10.1 Å². The van der Waals surface area contributed by atoms with Gasteiger partial charge in [0.05, 0.1) is 0 Å². The third-order valence-corrected chi connectivity index (χ3v) is 3.10. The molecule has 0 amide bonds. The van der Waals surface area contributed by atoms with Gasteiger partial charge in [0.25, 0.3) is 5.89 Å². The molecule has 0 aliphatic heterocycles. The van der Waals surface area contributed by atoms with Crippen LogP contribution in [0, 0.1) is 6.92 Å². The molecule has 0 saturated heterocycles. The Morgan fingerprint density at radius 1 is 1.00 bits per heavy atom. The second-order valence-corrected chi connectivity index (χ2v) is 4.91. The van der Waals surface area contributed by atoms with E-state index in [2.05, 4.69) is 10.1 Å². The Kier molecular flexibility index (Phi) is 3.70. The maximum Gasteiger partial charge on any atom is 0.308 e. The van der Waals surface area contributed by atoms with Crippen molar-refractivity contribution < 1.29 is 14.1 Å². The number of hydrogen-bond donors (Lipinski definition) is 0. The van der Waals surface area contributed by atoms with Crippen LogP contribution >= 0.6 is 0 Å². The minimum atomic E-state index is -0.354. The van der Waals surface area contributed by atoms with Gasteiger partial charge in [-0.3, -0.25) is 4.79 Å². The number of rotatable bonds is 3. The van der Waals surface area contributed by atoms with Gasteiger partial charge in [0.2, 0.25) is 5.82 Å². The average Bonchev–Trinajstić information content (AvgIpc) is 2.98. The van der Waals surface area contributed by atoms with Crippen LogP contribution in [0.4, 0.5) is 0 Å². The van der Waals surface area contributed by atoms with E-state index in [1.165, 1.54) is 12.5 Å². The summed E-state index contributed by atoms with van der Waals surface area (Å²) in [4.78, 5) is 15.3. The Morgan fingerprint density at radius 2 is 1.64 bits per heavy atom. The second kappa shape index (κ2) is 5.81. The van der Waals surface area contributed by atoms with Crippen LogP contribution in [-0.2, 0) is 4.79 Å². The number of aryl methyl sites for hydroxylation is 1. The third kappa shape index (κ3) is 3.03. The molecule has 0 spiro atoms. The maximum atomic E-state index is 10.9. The van der Waals surface area contributed by atoms with Crippen LogP contribution < -0.4 is 4.74 Å². The summed E-state index contributed by atoms with van der Waals surface area (Å²) in [5, 5.41) is 3.99. The molecule has 0 fully saturated rings. The fourth-order valence-electron chi connectivity index (χ4n) is 1.99. The SMILES string of the molecule is CC(=O)Oc1ccc(-c2nc(-c3ccc(C)cc3)no2)cc1. The monoisotopic (exact) mass is 294 g/mol. The number of benzene rings is 2. The highest BCUT2D eigenvalue weighted by molar-refractivity contribution is 5.69. The van der Waals surface area contributed by atoms with Crippen molar-refractivity contribution in [3.05, 3.63) is 54.1 Å². The third-order valence-electron chi connectivity index (χ3n) is 3.10. The lowest BCUT2D eigenvalue weighted by atomic mass is 10.1. The zero-order valence-electron chi connectivity index (χ0n) is 12.2. The van der Waals surface area contributed by atoms with Crippen LogP contribution in [0.25, 0.3) is 22.8 Å². The van der Waals surface area contributed by atoms with Crippen molar-refractivity contribution in [1.29, 1.82) is 0 Å². The zero-order valence-corrected chi connectivity index (χ0v) is 12.2. The topological polar surface area (TPSA) is 65.2 Å². The Labute approximate surface area is 127 Å². The zero-order chi connectivity index (χ0) is 15.5. The second-order valence-electron chi connectivity index (χ2n) is 4.91. The highest BCUT2D eigenvalue weighted by Crippen LogP contribution is 2.24. The van der Waals surface area contributed by atoms with Crippen LogP contribution in [-0.4, -0.2) is 16.1 Å². The number of aromatic nitrogens is 2. The first-order valence-corrected chi connectivity index (χ1v) is 6.81. The van der Waals surface area contributed by atoms with Crippen molar-refractivity contribution in [2.75, 3.05) is 0 Å². The van der Waals surface area contributed by atoms with Gasteiger partial charge in [-0.05, 0) is 31.2 Å². The Bertz CT molecular complexity index is 790. The van der Waals surface area contributed by atoms with Gasteiger partial charge in [-0.25, -0.2) is 0 Å². The summed E-state index contributed by atoms with van der Waals surface area (Å²) in [6.45, 7) is 3.38. The molecule has 5 nitrogen and oxygen atoms in total. The van der Waals surface area contributed by atoms with Crippen LogP contribution in [0.2, 0.25) is 0 Å². The van der Waals surface area contributed by atoms with Crippen LogP contribution in [0.5, 0.6) is 5.75 Å². The number of esters is 1. The summed E-state index contributed by atoms with van der Waals surface area (Å²) >= 11 is 0. The lowest BCUT2D eigenvalue weighted by Crippen LogP contribution is -2.00. The van der Waals surface area contributed by atoms with Crippen molar-refractivity contribution in [3.63, 3.8) is 0 Å². The van der Waals surface area contributed by atoms with E-state index >= 15 is 0 Å². The molecule has 0 aliphatic carbocycles. The first-order chi connectivity index (χ1) is 10.6. The minimum Gasteiger partial charge on any atom is -0.427 e.